The summed E-state index contributed by atoms with van der Waals surface area (Å²) in [6, 6.07) is 15.0. The van der Waals surface area contributed by atoms with Crippen LogP contribution in [0.2, 0.25) is 5.02 Å². The number of anilines is 1. The van der Waals surface area contributed by atoms with Gasteiger partial charge in [-0.25, -0.2) is 13.4 Å². The molecule has 1 aromatic heterocycles. The molecule has 1 aliphatic rings. The predicted molar refractivity (Wildman–Crippen MR) is 122 cm³/mol. The highest BCUT2D eigenvalue weighted by molar-refractivity contribution is 7.92. The molecule has 0 atom stereocenters. The topological polar surface area (TPSA) is 59.5 Å². The Labute approximate surface area is 186 Å². The van der Waals surface area contributed by atoms with Crippen LogP contribution in [-0.4, -0.2) is 38.9 Å². The second-order valence-electron chi connectivity index (χ2n) is 7.31. The number of ether oxygens (including phenoxy) is 1. The van der Waals surface area contributed by atoms with Crippen LogP contribution in [0.5, 0.6) is 5.75 Å². The summed E-state index contributed by atoms with van der Waals surface area (Å²) < 4.78 is 31.7. The lowest BCUT2D eigenvalue weighted by molar-refractivity contribution is 0.402. The van der Waals surface area contributed by atoms with E-state index in [0.717, 1.165) is 17.2 Å². The zero-order valence-corrected chi connectivity index (χ0v) is 19.0. The molecule has 0 aliphatic carbocycles. The van der Waals surface area contributed by atoms with Gasteiger partial charge in [0.15, 0.2) is 15.0 Å². The molecule has 1 saturated heterocycles. The lowest BCUT2D eigenvalue weighted by Crippen LogP contribution is -2.39. The fourth-order valence-corrected chi connectivity index (χ4v) is 6.77. The lowest BCUT2D eigenvalue weighted by Gasteiger charge is -2.31. The van der Waals surface area contributed by atoms with E-state index in [4.69, 9.17) is 21.3 Å². The Morgan fingerprint density at radius 3 is 2.60 bits per heavy atom. The summed E-state index contributed by atoms with van der Waals surface area (Å²) in [5.74, 6) is 0.340. The first kappa shape index (κ1) is 21.2. The fraction of sp³-hybridized carbons (Fsp3) is 0.318. The molecule has 158 valence electrons. The summed E-state index contributed by atoms with van der Waals surface area (Å²) in [5, 5.41) is 2.98. The number of sulfone groups is 1. The Bertz CT molecular complexity index is 1110. The van der Waals surface area contributed by atoms with Gasteiger partial charge in [-0.05, 0) is 36.6 Å². The van der Waals surface area contributed by atoms with E-state index in [0.29, 0.717) is 36.7 Å². The Morgan fingerprint density at radius 2 is 1.90 bits per heavy atom. The molecule has 2 heterocycles. The summed E-state index contributed by atoms with van der Waals surface area (Å²) in [4.78, 5) is 7.13. The zero-order chi connectivity index (χ0) is 21.1. The second kappa shape index (κ2) is 8.96. The zero-order valence-electron chi connectivity index (χ0n) is 16.6. The minimum absolute atomic E-state index is 0.176. The number of methoxy groups -OCH3 is 1. The van der Waals surface area contributed by atoms with Crippen LogP contribution >= 0.6 is 22.9 Å². The highest BCUT2D eigenvalue weighted by Gasteiger charge is 2.34. The largest absolute Gasteiger partial charge is 0.495 e. The van der Waals surface area contributed by atoms with E-state index in [1.54, 1.807) is 23.5 Å². The van der Waals surface area contributed by atoms with Crippen LogP contribution in [0.4, 0.5) is 5.13 Å². The van der Waals surface area contributed by atoms with E-state index >= 15 is 0 Å². The van der Waals surface area contributed by atoms with Crippen LogP contribution < -0.4 is 9.64 Å². The SMILES string of the molecule is COc1ccc(Cl)cc1S(=O)(=O)C1CCN(c2nc(Cc3ccccc3)cs2)CC1. The number of thiazole rings is 1. The quantitative estimate of drug-likeness (QED) is 0.524. The highest BCUT2D eigenvalue weighted by atomic mass is 35.5. The van der Waals surface area contributed by atoms with Gasteiger partial charge in [0.2, 0.25) is 0 Å². The van der Waals surface area contributed by atoms with Crippen LogP contribution in [0.25, 0.3) is 0 Å². The molecule has 8 heteroatoms. The molecule has 0 amide bonds. The van der Waals surface area contributed by atoms with Crippen molar-refractivity contribution in [2.75, 3.05) is 25.1 Å². The third-order valence-electron chi connectivity index (χ3n) is 5.35. The summed E-state index contributed by atoms with van der Waals surface area (Å²) in [7, 11) is -2.05. The fourth-order valence-electron chi connectivity index (χ4n) is 3.74. The van der Waals surface area contributed by atoms with E-state index in [2.05, 4.69) is 22.4 Å². The summed E-state index contributed by atoms with van der Waals surface area (Å²) in [6.45, 7) is 1.32. The number of rotatable bonds is 6. The van der Waals surface area contributed by atoms with Crippen LogP contribution in [0.3, 0.4) is 0 Å². The molecular weight excluding hydrogens is 440 g/mol. The highest BCUT2D eigenvalue weighted by Crippen LogP contribution is 2.34. The van der Waals surface area contributed by atoms with Crippen molar-refractivity contribution in [3.63, 3.8) is 0 Å². The molecule has 0 radical (unpaired) electrons. The van der Waals surface area contributed by atoms with Gasteiger partial charge in [-0.2, -0.15) is 0 Å². The molecule has 0 saturated carbocycles. The molecule has 1 fully saturated rings. The van der Waals surface area contributed by atoms with Crippen molar-refractivity contribution in [1.29, 1.82) is 0 Å². The molecule has 3 aromatic rings. The molecule has 2 aromatic carbocycles. The molecular formula is C22H23ClN2O3S2. The van der Waals surface area contributed by atoms with E-state index in [1.165, 1.54) is 18.7 Å². The smallest absolute Gasteiger partial charge is 0.185 e. The first-order valence-corrected chi connectivity index (χ1v) is 12.6. The van der Waals surface area contributed by atoms with Gasteiger partial charge in [0.05, 0.1) is 18.1 Å². The van der Waals surface area contributed by atoms with Gasteiger partial charge in [0.1, 0.15) is 10.6 Å². The number of aromatic nitrogens is 1. The average molecular weight is 463 g/mol. The normalized spacial score (nSPS) is 15.3. The van der Waals surface area contributed by atoms with Crippen molar-refractivity contribution in [2.45, 2.75) is 29.4 Å². The standard InChI is InChI=1S/C22H23ClN2O3S2/c1-28-20-8-7-17(23)14-21(20)30(26,27)19-9-11-25(12-10-19)22-24-18(15-29-22)13-16-5-3-2-4-6-16/h2-8,14-15,19H,9-13H2,1H3. The van der Waals surface area contributed by atoms with E-state index in [9.17, 15) is 8.42 Å². The van der Waals surface area contributed by atoms with Crippen LogP contribution in [0.15, 0.2) is 58.8 Å². The summed E-state index contributed by atoms with van der Waals surface area (Å²) in [6.07, 6.45) is 1.90. The summed E-state index contributed by atoms with van der Waals surface area (Å²) in [5.41, 5.74) is 2.27. The molecule has 5 nitrogen and oxygen atoms in total. The summed E-state index contributed by atoms with van der Waals surface area (Å²) >= 11 is 7.66. The van der Waals surface area contributed by atoms with E-state index < -0.39 is 15.1 Å². The molecule has 30 heavy (non-hydrogen) atoms. The van der Waals surface area contributed by atoms with Crippen LogP contribution in [0, 0.1) is 0 Å². The maximum absolute atomic E-state index is 13.2. The van der Waals surface area contributed by atoms with Crippen molar-refractivity contribution in [1.82, 2.24) is 4.98 Å². The Balaban J connectivity index is 1.43. The monoisotopic (exact) mass is 462 g/mol. The first-order valence-electron chi connectivity index (χ1n) is 9.78. The molecule has 0 unspecified atom stereocenters. The number of piperidine rings is 1. The molecule has 0 spiro atoms. The number of hydrogen-bond acceptors (Lipinski definition) is 6. The van der Waals surface area contributed by atoms with Gasteiger partial charge in [-0.1, -0.05) is 41.9 Å². The van der Waals surface area contributed by atoms with Gasteiger partial charge >= 0.3 is 0 Å². The number of benzene rings is 2. The Morgan fingerprint density at radius 1 is 1.17 bits per heavy atom. The van der Waals surface area contributed by atoms with Crippen molar-refractivity contribution >= 4 is 37.9 Å². The van der Waals surface area contributed by atoms with Crippen molar-refractivity contribution in [2.24, 2.45) is 0 Å². The van der Waals surface area contributed by atoms with Gasteiger partial charge in [0, 0.05) is 29.9 Å². The van der Waals surface area contributed by atoms with Gasteiger partial charge in [-0.15, -0.1) is 11.3 Å². The Hall–Kier alpha value is -2.09. The number of hydrogen-bond donors (Lipinski definition) is 0. The third kappa shape index (κ3) is 4.48. The number of halogens is 1. The average Bonchev–Trinajstić information content (AvgIpc) is 3.23. The first-order chi connectivity index (χ1) is 14.5. The van der Waals surface area contributed by atoms with Crippen LogP contribution in [0.1, 0.15) is 24.1 Å². The van der Waals surface area contributed by atoms with Gasteiger partial charge in [0.25, 0.3) is 0 Å². The predicted octanol–water partition coefficient (Wildman–Crippen LogP) is 4.84. The second-order valence-corrected chi connectivity index (χ2v) is 10.8. The van der Waals surface area contributed by atoms with Crippen molar-refractivity contribution in [3.05, 3.63) is 70.2 Å². The maximum atomic E-state index is 13.2. The maximum Gasteiger partial charge on any atom is 0.185 e. The minimum Gasteiger partial charge on any atom is -0.495 e. The molecule has 0 bridgehead atoms. The molecule has 4 rings (SSSR count). The van der Waals surface area contributed by atoms with Gasteiger partial charge in [-0.3, -0.25) is 0 Å². The minimum atomic E-state index is -3.52. The Kier molecular flexibility index (Phi) is 6.32. The van der Waals surface area contributed by atoms with Crippen LogP contribution in [-0.2, 0) is 16.3 Å². The van der Waals surface area contributed by atoms with Crippen molar-refractivity contribution < 1.29 is 13.2 Å². The van der Waals surface area contributed by atoms with E-state index in [1.807, 2.05) is 18.2 Å². The van der Waals surface area contributed by atoms with E-state index in [-0.39, 0.29) is 4.90 Å². The molecule has 1 aliphatic heterocycles. The third-order valence-corrected chi connectivity index (χ3v) is 8.82. The van der Waals surface area contributed by atoms with Crippen molar-refractivity contribution in [3.8, 4) is 5.75 Å². The molecule has 0 N–H and O–H groups in total. The lowest BCUT2D eigenvalue weighted by atomic mass is 10.1. The van der Waals surface area contributed by atoms with Gasteiger partial charge < -0.3 is 9.64 Å². The number of nitrogens with zero attached hydrogens (tertiary/aromatic N) is 2.